The van der Waals surface area contributed by atoms with E-state index in [4.69, 9.17) is 15.1 Å². The van der Waals surface area contributed by atoms with Gasteiger partial charge in [-0.2, -0.15) is 5.26 Å². The fourth-order valence-corrected chi connectivity index (χ4v) is 1.37. The molecule has 6 heteroatoms. The molecular formula is C13H14N2O4. The Morgan fingerprint density at radius 1 is 1.42 bits per heavy atom. The number of carbonyl (C=O) groups excluding carboxylic acids is 1. The van der Waals surface area contributed by atoms with Crippen molar-refractivity contribution in [3.05, 3.63) is 35.9 Å². The number of aliphatic carboxylic acids is 1. The van der Waals surface area contributed by atoms with Crippen LogP contribution in [0, 0.1) is 17.2 Å². The molecule has 0 spiro atoms. The lowest BCUT2D eigenvalue weighted by Crippen LogP contribution is -2.44. The molecule has 2 N–H and O–H groups in total. The summed E-state index contributed by atoms with van der Waals surface area (Å²) in [6, 6.07) is 9.48. The van der Waals surface area contributed by atoms with Gasteiger partial charge >= 0.3 is 12.1 Å². The second-order valence-electron chi connectivity index (χ2n) is 3.94. The summed E-state index contributed by atoms with van der Waals surface area (Å²) >= 11 is 0. The number of hydrogen-bond donors (Lipinski definition) is 2. The largest absolute Gasteiger partial charge is 0.480 e. The van der Waals surface area contributed by atoms with Gasteiger partial charge in [0.05, 0.1) is 12.0 Å². The molecule has 0 radical (unpaired) electrons. The van der Waals surface area contributed by atoms with E-state index in [1.165, 1.54) is 6.92 Å². The standard InChI is InChI=1S/C13H14N2O4/c1-9(7-14)11(12(16)17)15-13(18)19-8-10-5-3-2-4-6-10/h2-6,9,11H,8H2,1H3,(H,15,18)(H,16,17). The number of nitrogens with zero attached hydrogens (tertiary/aromatic N) is 1. The molecule has 1 rings (SSSR count). The number of carbonyl (C=O) groups is 2. The Morgan fingerprint density at radius 2 is 2.05 bits per heavy atom. The normalized spacial score (nSPS) is 12.8. The van der Waals surface area contributed by atoms with Crippen LogP contribution in [0.1, 0.15) is 12.5 Å². The first-order valence-electron chi connectivity index (χ1n) is 5.64. The number of rotatable bonds is 5. The Labute approximate surface area is 110 Å². The zero-order chi connectivity index (χ0) is 14.3. The molecule has 1 aromatic carbocycles. The molecule has 2 atom stereocenters. The molecule has 0 aliphatic carbocycles. The van der Waals surface area contributed by atoms with Crippen LogP contribution in [0.3, 0.4) is 0 Å². The molecule has 19 heavy (non-hydrogen) atoms. The second-order valence-corrected chi connectivity index (χ2v) is 3.94. The molecule has 0 aromatic heterocycles. The van der Waals surface area contributed by atoms with Gasteiger partial charge in [-0.05, 0) is 12.5 Å². The Kier molecular flexibility index (Phi) is 5.35. The maximum absolute atomic E-state index is 11.4. The van der Waals surface area contributed by atoms with Crippen molar-refractivity contribution in [2.75, 3.05) is 0 Å². The van der Waals surface area contributed by atoms with Gasteiger partial charge in [-0.1, -0.05) is 30.3 Å². The average Bonchev–Trinajstić information content (AvgIpc) is 2.42. The molecule has 0 heterocycles. The molecule has 0 saturated carbocycles. The molecule has 0 aliphatic heterocycles. The van der Waals surface area contributed by atoms with Crippen molar-refractivity contribution >= 4 is 12.1 Å². The Hall–Kier alpha value is -2.55. The molecule has 1 amide bonds. The van der Waals surface area contributed by atoms with Crippen LogP contribution in [0.4, 0.5) is 4.79 Å². The summed E-state index contributed by atoms with van der Waals surface area (Å²) in [6.45, 7) is 1.45. The zero-order valence-electron chi connectivity index (χ0n) is 10.4. The first kappa shape index (κ1) is 14.5. The highest BCUT2D eigenvalue weighted by molar-refractivity contribution is 5.80. The van der Waals surface area contributed by atoms with Crippen molar-refractivity contribution < 1.29 is 19.4 Å². The van der Waals surface area contributed by atoms with Gasteiger partial charge in [0, 0.05) is 0 Å². The van der Waals surface area contributed by atoms with E-state index < -0.39 is 24.0 Å². The molecule has 6 nitrogen and oxygen atoms in total. The van der Waals surface area contributed by atoms with Crippen molar-refractivity contribution in [2.24, 2.45) is 5.92 Å². The van der Waals surface area contributed by atoms with Crippen molar-refractivity contribution in [1.29, 1.82) is 5.26 Å². The van der Waals surface area contributed by atoms with Crippen molar-refractivity contribution in [1.82, 2.24) is 5.32 Å². The van der Waals surface area contributed by atoms with Gasteiger partial charge in [0.2, 0.25) is 0 Å². The zero-order valence-corrected chi connectivity index (χ0v) is 10.4. The van der Waals surface area contributed by atoms with Crippen LogP contribution in [-0.2, 0) is 16.1 Å². The maximum atomic E-state index is 11.4. The van der Waals surface area contributed by atoms with E-state index in [2.05, 4.69) is 5.32 Å². The lowest BCUT2D eigenvalue weighted by atomic mass is 10.0. The number of carboxylic acid groups (broad SMARTS) is 1. The quantitative estimate of drug-likeness (QED) is 0.838. The van der Waals surface area contributed by atoms with Crippen LogP contribution < -0.4 is 5.32 Å². The first-order chi connectivity index (χ1) is 9.04. The van der Waals surface area contributed by atoms with E-state index >= 15 is 0 Å². The Bertz CT molecular complexity index is 481. The van der Waals surface area contributed by atoms with Crippen molar-refractivity contribution in [3.8, 4) is 6.07 Å². The minimum absolute atomic E-state index is 0.0416. The third-order valence-corrected chi connectivity index (χ3v) is 2.46. The summed E-state index contributed by atoms with van der Waals surface area (Å²) in [7, 11) is 0. The molecule has 0 fully saturated rings. The number of nitrogens with one attached hydrogen (secondary N) is 1. The van der Waals surface area contributed by atoms with Crippen molar-refractivity contribution in [2.45, 2.75) is 19.6 Å². The lowest BCUT2D eigenvalue weighted by molar-refractivity contribution is -0.140. The number of amides is 1. The van der Waals surface area contributed by atoms with Crippen LogP contribution in [0.5, 0.6) is 0 Å². The van der Waals surface area contributed by atoms with Crippen LogP contribution >= 0.6 is 0 Å². The van der Waals surface area contributed by atoms with Crippen LogP contribution in [-0.4, -0.2) is 23.2 Å². The third kappa shape index (κ3) is 4.68. The van der Waals surface area contributed by atoms with E-state index in [-0.39, 0.29) is 6.61 Å². The fraction of sp³-hybridized carbons (Fsp3) is 0.308. The molecular weight excluding hydrogens is 248 g/mol. The molecule has 0 saturated heterocycles. The maximum Gasteiger partial charge on any atom is 0.408 e. The highest BCUT2D eigenvalue weighted by Gasteiger charge is 2.26. The predicted molar refractivity (Wildman–Crippen MR) is 66.0 cm³/mol. The van der Waals surface area contributed by atoms with E-state index in [9.17, 15) is 9.59 Å². The molecule has 100 valence electrons. The van der Waals surface area contributed by atoms with Crippen LogP contribution in [0.25, 0.3) is 0 Å². The van der Waals surface area contributed by atoms with E-state index in [1.54, 1.807) is 30.3 Å². The highest BCUT2D eigenvalue weighted by atomic mass is 16.5. The van der Waals surface area contributed by atoms with E-state index in [0.717, 1.165) is 5.56 Å². The van der Waals surface area contributed by atoms with Gasteiger partial charge in [-0.15, -0.1) is 0 Å². The highest BCUT2D eigenvalue weighted by Crippen LogP contribution is 2.04. The minimum Gasteiger partial charge on any atom is -0.480 e. The average molecular weight is 262 g/mol. The van der Waals surface area contributed by atoms with Crippen molar-refractivity contribution in [3.63, 3.8) is 0 Å². The summed E-state index contributed by atoms with van der Waals surface area (Å²) in [5, 5.41) is 19.7. The van der Waals surface area contributed by atoms with Gasteiger partial charge in [-0.3, -0.25) is 0 Å². The SMILES string of the molecule is CC(C#N)C(NC(=O)OCc1ccccc1)C(=O)O. The smallest absolute Gasteiger partial charge is 0.408 e. The number of ether oxygens (including phenoxy) is 1. The molecule has 0 aliphatic rings. The predicted octanol–water partition coefficient (Wildman–Crippen LogP) is 1.53. The third-order valence-electron chi connectivity index (χ3n) is 2.46. The van der Waals surface area contributed by atoms with Gasteiger partial charge in [0.25, 0.3) is 0 Å². The summed E-state index contributed by atoms with van der Waals surface area (Å²) in [5.41, 5.74) is 0.790. The summed E-state index contributed by atoms with van der Waals surface area (Å²) in [4.78, 5) is 22.3. The van der Waals surface area contributed by atoms with Gasteiger partial charge in [0.1, 0.15) is 12.6 Å². The minimum atomic E-state index is -1.28. The number of alkyl carbamates (subject to hydrolysis) is 1. The summed E-state index contributed by atoms with van der Waals surface area (Å²) < 4.78 is 4.88. The lowest BCUT2D eigenvalue weighted by Gasteiger charge is -2.15. The monoisotopic (exact) mass is 262 g/mol. The summed E-state index contributed by atoms with van der Waals surface area (Å²) in [5.74, 6) is -2.12. The molecule has 2 unspecified atom stereocenters. The number of nitriles is 1. The van der Waals surface area contributed by atoms with Crippen LogP contribution in [0.2, 0.25) is 0 Å². The number of benzene rings is 1. The van der Waals surface area contributed by atoms with Crippen LogP contribution in [0.15, 0.2) is 30.3 Å². The Morgan fingerprint density at radius 3 is 2.58 bits per heavy atom. The fourth-order valence-electron chi connectivity index (χ4n) is 1.37. The van der Waals surface area contributed by atoms with Gasteiger partial charge in [0.15, 0.2) is 0 Å². The second kappa shape index (κ2) is 7.01. The van der Waals surface area contributed by atoms with Gasteiger partial charge in [-0.25, -0.2) is 9.59 Å². The molecule has 1 aromatic rings. The van der Waals surface area contributed by atoms with Gasteiger partial charge < -0.3 is 15.2 Å². The topological polar surface area (TPSA) is 99.4 Å². The first-order valence-corrected chi connectivity index (χ1v) is 5.64. The number of carboxylic acids is 1. The Balaban J connectivity index is 2.50. The summed E-state index contributed by atoms with van der Waals surface area (Å²) in [6.07, 6.45) is -0.863. The number of hydrogen-bond acceptors (Lipinski definition) is 4. The van der Waals surface area contributed by atoms with E-state index in [1.807, 2.05) is 6.07 Å². The van der Waals surface area contributed by atoms with E-state index in [0.29, 0.717) is 0 Å². The molecule has 0 bridgehead atoms.